The number of fused-ring (bicyclic) bond motifs is 1. The van der Waals surface area contributed by atoms with E-state index in [1.165, 1.54) is 0 Å². The molecule has 0 radical (unpaired) electrons. The first-order valence-electron chi connectivity index (χ1n) is 4.37. The predicted octanol–water partition coefficient (Wildman–Crippen LogP) is 1.41. The second kappa shape index (κ2) is 2.85. The average molecular weight is 175 g/mol. The number of aromatic nitrogens is 2. The van der Waals surface area contributed by atoms with Gasteiger partial charge in [0.2, 0.25) is 0 Å². The Morgan fingerprint density at radius 2 is 2.15 bits per heavy atom. The van der Waals surface area contributed by atoms with Crippen molar-refractivity contribution in [2.75, 3.05) is 0 Å². The number of pyridine rings is 1. The third-order valence-electron chi connectivity index (χ3n) is 2.30. The van der Waals surface area contributed by atoms with Gasteiger partial charge in [0.1, 0.15) is 5.82 Å². The lowest BCUT2D eigenvalue weighted by atomic mass is 10.3. The maximum Gasteiger partial charge on any atom is 0.110 e. The molecule has 0 aliphatic heterocycles. The summed E-state index contributed by atoms with van der Waals surface area (Å²) in [6.45, 7) is 4.57. The molecule has 0 bridgehead atoms. The topological polar surface area (TPSA) is 43.3 Å². The zero-order valence-electron chi connectivity index (χ0n) is 7.91. The minimum Gasteiger partial charge on any atom is -0.325 e. The summed E-state index contributed by atoms with van der Waals surface area (Å²) in [7, 11) is 0. The van der Waals surface area contributed by atoms with Gasteiger partial charge >= 0.3 is 0 Å². The van der Waals surface area contributed by atoms with E-state index < -0.39 is 0 Å². The van der Waals surface area contributed by atoms with Crippen molar-refractivity contribution in [3.63, 3.8) is 0 Å². The second-order valence-corrected chi connectivity index (χ2v) is 3.19. The zero-order valence-corrected chi connectivity index (χ0v) is 7.91. The molecule has 2 aromatic rings. The molecular weight excluding hydrogens is 162 g/mol. The number of aryl methyl sites for hydroxylation is 2. The molecule has 2 N–H and O–H groups in total. The van der Waals surface area contributed by atoms with Gasteiger partial charge in [0.25, 0.3) is 0 Å². The second-order valence-electron chi connectivity index (χ2n) is 3.19. The van der Waals surface area contributed by atoms with Gasteiger partial charge in [0, 0.05) is 12.2 Å². The van der Waals surface area contributed by atoms with Crippen LogP contribution in [0.5, 0.6) is 0 Å². The van der Waals surface area contributed by atoms with E-state index in [1.807, 2.05) is 26.0 Å². The molecule has 0 saturated carbocycles. The Morgan fingerprint density at radius 3 is 2.85 bits per heavy atom. The Bertz CT molecular complexity index is 443. The van der Waals surface area contributed by atoms with Gasteiger partial charge in [-0.15, -0.1) is 0 Å². The highest BCUT2D eigenvalue weighted by Gasteiger charge is 2.05. The van der Waals surface area contributed by atoms with Crippen molar-refractivity contribution < 1.29 is 0 Å². The number of imidazole rings is 1. The average Bonchev–Trinajstić information content (AvgIpc) is 2.43. The minimum atomic E-state index is 0.550. The van der Waals surface area contributed by atoms with Crippen LogP contribution < -0.4 is 5.73 Å². The van der Waals surface area contributed by atoms with Crippen molar-refractivity contribution in [1.82, 2.24) is 9.38 Å². The van der Waals surface area contributed by atoms with E-state index in [2.05, 4.69) is 15.5 Å². The summed E-state index contributed by atoms with van der Waals surface area (Å²) >= 11 is 0. The number of hydrogen-bond donors (Lipinski definition) is 1. The van der Waals surface area contributed by atoms with E-state index in [1.54, 1.807) is 0 Å². The van der Waals surface area contributed by atoms with Gasteiger partial charge in [-0.3, -0.25) is 4.40 Å². The van der Waals surface area contributed by atoms with Gasteiger partial charge < -0.3 is 5.73 Å². The van der Waals surface area contributed by atoms with E-state index in [4.69, 9.17) is 5.73 Å². The van der Waals surface area contributed by atoms with Crippen molar-refractivity contribution >= 4 is 5.52 Å². The predicted molar refractivity (Wildman–Crippen MR) is 52.6 cm³/mol. The first-order valence-corrected chi connectivity index (χ1v) is 4.37. The fourth-order valence-electron chi connectivity index (χ4n) is 1.73. The first-order chi connectivity index (χ1) is 6.24. The smallest absolute Gasteiger partial charge is 0.110 e. The maximum atomic E-state index is 5.65. The van der Waals surface area contributed by atoms with Crippen LogP contribution in [0.1, 0.15) is 17.2 Å². The van der Waals surface area contributed by atoms with Crippen LogP contribution in [0.2, 0.25) is 0 Å². The molecule has 68 valence electrons. The van der Waals surface area contributed by atoms with Crippen LogP contribution in [-0.4, -0.2) is 9.38 Å². The van der Waals surface area contributed by atoms with E-state index in [-0.39, 0.29) is 0 Å². The van der Waals surface area contributed by atoms with Gasteiger partial charge in [-0.25, -0.2) is 4.98 Å². The summed E-state index contributed by atoms with van der Waals surface area (Å²) in [5, 5.41) is 0. The van der Waals surface area contributed by atoms with Gasteiger partial charge in [-0.2, -0.15) is 0 Å². The number of rotatable bonds is 1. The Morgan fingerprint density at radius 1 is 1.38 bits per heavy atom. The summed E-state index contributed by atoms with van der Waals surface area (Å²) in [5.74, 6) is 1.01. The summed E-state index contributed by atoms with van der Waals surface area (Å²) in [4.78, 5) is 4.41. The van der Waals surface area contributed by atoms with E-state index in [0.717, 1.165) is 22.7 Å². The Labute approximate surface area is 77.2 Å². The highest BCUT2D eigenvalue weighted by atomic mass is 15.0. The summed E-state index contributed by atoms with van der Waals surface area (Å²) in [6.07, 6.45) is 0. The van der Waals surface area contributed by atoms with Crippen LogP contribution in [0, 0.1) is 13.8 Å². The lowest BCUT2D eigenvalue weighted by Crippen LogP contribution is -2.04. The van der Waals surface area contributed by atoms with Crippen molar-refractivity contribution in [1.29, 1.82) is 0 Å². The molecule has 0 aliphatic carbocycles. The van der Waals surface area contributed by atoms with Gasteiger partial charge in [0.05, 0.1) is 11.2 Å². The van der Waals surface area contributed by atoms with E-state index in [0.29, 0.717) is 6.54 Å². The molecule has 2 aromatic heterocycles. The highest BCUT2D eigenvalue weighted by Crippen LogP contribution is 2.14. The lowest BCUT2D eigenvalue weighted by molar-refractivity contribution is 0.907. The molecule has 2 rings (SSSR count). The van der Waals surface area contributed by atoms with Crippen molar-refractivity contribution in [2.24, 2.45) is 5.73 Å². The van der Waals surface area contributed by atoms with Crippen LogP contribution in [0.3, 0.4) is 0 Å². The van der Waals surface area contributed by atoms with Crippen molar-refractivity contribution in [3.8, 4) is 0 Å². The quantitative estimate of drug-likeness (QED) is 0.712. The largest absolute Gasteiger partial charge is 0.325 e. The Balaban J connectivity index is 2.88. The van der Waals surface area contributed by atoms with E-state index in [9.17, 15) is 0 Å². The molecule has 2 heterocycles. The summed E-state index contributed by atoms with van der Waals surface area (Å²) in [5.41, 5.74) is 8.97. The number of nitrogens with zero attached hydrogens (tertiary/aromatic N) is 2. The van der Waals surface area contributed by atoms with Gasteiger partial charge in [0.15, 0.2) is 0 Å². The molecule has 0 spiro atoms. The SMILES string of the molecule is Cc1nc(C)n2c(CN)cccc12. The fourth-order valence-corrected chi connectivity index (χ4v) is 1.73. The molecule has 3 heteroatoms. The molecule has 0 unspecified atom stereocenters. The Hall–Kier alpha value is -1.35. The lowest BCUT2D eigenvalue weighted by Gasteiger charge is -2.03. The third-order valence-corrected chi connectivity index (χ3v) is 2.30. The standard InChI is InChI=1S/C10H13N3/c1-7-10-5-3-4-9(6-11)13(10)8(2)12-7/h3-5H,6,11H2,1-2H3. The van der Waals surface area contributed by atoms with E-state index >= 15 is 0 Å². The molecule has 0 saturated heterocycles. The summed E-state index contributed by atoms with van der Waals surface area (Å²) in [6, 6.07) is 6.11. The molecular formula is C10H13N3. The zero-order chi connectivity index (χ0) is 9.42. The molecule has 0 aromatic carbocycles. The molecule has 0 aliphatic rings. The normalized spacial score (nSPS) is 11.0. The van der Waals surface area contributed by atoms with Crippen LogP contribution in [0.15, 0.2) is 18.2 Å². The maximum absolute atomic E-state index is 5.65. The molecule has 0 atom stereocenters. The molecule has 13 heavy (non-hydrogen) atoms. The first kappa shape index (κ1) is 8.26. The number of nitrogens with two attached hydrogens (primary N) is 1. The van der Waals surface area contributed by atoms with Crippen LogP contribution in [-0.2, 0) is 6.54 Å². The van der Waals surface area contributed by atoms with Crippen molar-refractivity contribution in [3.05, 3.63) is 35.4 Å². The molecule has 3 nitrogen and oxygen atoms in total. The van der Waals surface area contributed by atoms with Crippen LogP contribution in [0.25, 0.3) is 5.52 Å². The molecule has 0 fully saturated rings. The van der Waals surface area contributed by atoms with Crippen molar-refractivity contribution in [2.45, 2.75) is 20.4 Å². The van der Waals surface area contributed by atoms with Gasteiger partial charge in [-0.1, -0.05) is 6.07 Å². The third kappa shape index (κ3) is 1.12. The summed E-state index contributed by atoms with van der Waals surface area (Å²) < 4.78 is 2.11. The number of hydrogen-bond acceptors (Lipinski definition) is 2. The fraction of sp³-hybridized carbons (Fsp3) is 0.300. The van der Waals surface area contributed by atoms with Crippen LogP contribution >= 0.6 is 0 Å². The van der Waals surface area contributed by atoms with Gasteiger partial charge in [-0.05, 0) is 26.0 Å². The highest BCUT2D eigenvalue weighted by molar-refractivity contribution is 5.53. The minimum absolute atomic E-state index is 0.550. The molecule has 0 amide bonds. The monoisotopic (exact) mass is 175 g/mol. The van der Waals surface area contributed by atoms with Crippen LogP contribution in [0.4, 0.5) is 0 Å². The Kier molecular flexibility index (Phi) is 1.81.